The van der Waals surface area contributed by atoms with Crippen molar-refractivity contribution in [1.82, 2.24) is 9.80 Å². The van der Waals surface area contributed by atoms with Crippen LogP contribution in [0.15, 0.2) is 48.5 Å². The van der Waals surface area contributed by atoms with Gasteiger partial charge in [0.25, 0.3) is 0 Å². The Balaban J connectivity index is 2.37. The first-order valence-electron chi connectivity index (χ1n) is 7.28. The van der Waals surface area contributed by atoms with Gasteiger partial charge in [0.05, 0.1) is 0 Å². The van der Waals surface area contributed by atoms with Crippen molar-refractivity contribution in [2.75, 3.05) is 28.2 Å². The summed E-state index contributed by atoms with van der Waals surface area (Å²) in [7, 11) is 9.25. The molecule has 0 aliphatic heterocycles. The largest absolute Gasteiger partial charge is 0.305 e. The molecule has 0 atom stereocenters. The zero-order valence-corrected chi connectivity index (χ0v) is 14.4. The number of benzene rings is 2. The van der Waals surface area contributed by atoms with Crippen LogP contribution in [0.4, 0.5) is 0 Å². The molecule has 0 heterocycles. The molecule has 21 heavy (non-hydrogen) atoms. The summed E-state index contributed by atoms with van der Waals surface area (Å²) in [6.45, 7) is 1.99. The highest BCUT2D eigenvalue weighted by Gasteiger charge is 2.11. The van der Waals surface area contributed by atoms with Crippen molar-refractivity contribution in [1.29, 1.82) is 0 Å². The van der Waals surface area contributed by atoms with Crippen LogP contribution in [0.2, 0.25) is 0 Å². The molecule has 110 valence electrons. The smallest absolute Gasteiger partial charge is 0.122 e. The lowest BCUT2D eigenvalue weighted by atomic mass is 10.1. The van der Waals surface area contributed by atoms with E-state index in [0.717, 1.165) is 22.6 Å². The molecule has 0 unspecified atom stereocenters. The Morgan fingerprint density at radius 1 is 0.714 bits per heavy atom. The van der Waals surface area contributed by atoms with E-state index in [1.807, 2.05) is 0 Å². The fourth-order valence-corrected chi connectivity index (χ4v) is 3.72. The van der Waals surface area contributed by atoms with Crippen LogP contribution in [0, 0.1) is 0 Å². The van der Waals surface area contributed by atoms with Crippen molar-refractivity contribution in [3.05, 3.63) is 59.7 Å². The van der Waals surface area contributed by atoms with Gasteiger partial charge in [0.15, 0.2) is 0 Å². The van der Waals surface area contributed by atoms with Gasteiger partial charge in [0.2, 0.25) is 0 Å². The van der Waals surface area contributed by atoms with E-state index in [2.05, 4.69) is 86.5 Å². The average molecular weight is 296 g/mol. The van der Waals surface area contributed by atoms with Crippen LogP contribution in [0.5, 0.6) is 0 Å². The predicted octanol–water partition coefficient (Wildman–Crippen LogP) is 1.46. The van der Waals surface area contributed by atoms with Crippen molar-refractivity contribution < 1.29 is 0 Å². The summed E-state index contributed by atoms with van der Waals surface area (Å²) in [5.74, 6) is 0. The molecule has 2 nitrogen and oxygen atoms in total. The first-order chi connectivity index (χ1) is 10.1. The summed E-state index contributed by atoms with van der Waals surface area (Å²) in [5, 5.41) is 2.91. The SMILES string of the molecule is CN(C)Cc1cccc(CN(C)C)c1[Si]c1ccccc1. The second-order valence-electron chi connectivity index (χ2n) is 5.92. The average Bonchev–Trinajstić information content (AvgIpc) is 2.42. The van der Waals surface area contributed by atoms with Crippen LogP contribution in [0.3, 0.4) is 0 Å². The Morgan fingerprint density at radius 3 is 1.71 bits per heavy atom. The van der Waals surface area contributed by atoms with Gasteiger partial charge < -0.3 is 9.80 Å². The monoisotopic (exact) mass is 296 g/mol. The first kappa shape index (κ1) is 16.0. The molecule has 3 heteroatoms. The van der Waals surface area contributed by atoms with Gasteiger partial charge in [-0.3, -0.25) is 0 Å². The molecule has 0 saturated carbocycles. The quantitative estimate of drug-likeness (QED) is 0.745. The molecule has 0 N–H and O–H groups in total. The van der Waals surface area contributed by atoms with Crippen molar-refractivity contribution in [2.24, 2.45) is 0 Å². The molecule has 2 rings (SSSR count). The third-order valence-electron chi connectivity index (χ3n) is 3.25. The minimum absolute atomic E-state index is 0.720. The summed E-state index contributed by atoms with van der Waals surface area (Å²) < 4.78 is 0. The third kappa shape index (κ3) is 4.81. The molecule has 0 fully saturated rings. The summed E-state index contributed by atoms with van der Waals surface area (Å²) in [4.78, 5) is 4.49. The van der Waals surface area contributed by atoms with Crippen molar-refractivity contribution in [3.8, 4) is 0 Å². The van der Waals surface area contributed by atoms with Gasteiger partial charge in [-0.2, -0.15) is 0 Å². The molecular formula is C18H24N2Si. The van der Waals surface area contributed by atoms with E-state index in [-0.39, 0.29) is 0 Å². The highest BCUT2D eigenvalue weighted by Crippen LogP contribution is 2.06. The van der Waals surface area contributed by atoms with E-state index in [1.165, 1.54) is 21.5 Å². The van der Waals surface area contributed by atoms with E-state index in [1.54, 1.807) is 0 Å². The Morgan fingerprint density at radius 2 is 1.24 bits per heavy atom. The van der Waals surface area contributed by atoms with Crippen LogP contribution >= 0.6 is 0 Å². The first-order valence-corrected chi connectivity index (χ1v) is 8.28. The second-order valence-corrected chi connectivity index (χ2v) is 7.25. The van der Waals surface area contributed by atoms with Crippen LogP contribution in [0.25, 0.3) is 0 Å². The van der Waals surface area contributed by atoms with E-state index in [9.17, 15) is 0 Å². The molecule has 2 aromatic rings. The van der Waals surface area contributed by atoms with E-state index < -0.39 is 0 Å². The Bertz CT molecular complexity index is 536. The summed E-state index contributed by atoms with van der Waals surface area (Å²) in [6.07, 6.45) is 0. The zero-order valence-electron chi connectivity index (χ0n) is 13.4. The highest BCUT2D eigenvalue weighted by molar-refractivity contribution is 6.68. The van der Waals surface area contributed by atoms with Crippen molar-refractivity contribution in [2.45, 2.75) is 13.1 Å². The van der Waals surface area contributed by atoms with E-state index in [0.29, 0.717) is 0 Å². The number of rotatable bonds is 6. The summed E-state index contributed by atoms with van der Waals surface area (Å²) in [6, 6.07) is 17.5. The minimum atomic E-state index is 0.720. The summed E-state index contributed by atoms with van der Waals surface area (Å²) >= 11 is 0. The fourth-order valence-electron chi connectivity index (χ4n) is 2.42. The predicted molar refractivity (Wildman–Crippen MR) is 92.7 cm³/mol. The molecule has 0 aliphatic rings. The molecule has 0 aliphatic carbocycles. The van der Waals surface area contributed by atoms with Gasteiger partial charge in [0, 0.05) is 13.1 Å². The normalized spacial score (nSPS) is 11.3. The minimum Gasteiger partial charge on any atom is -0.305 e. The standard InChI is InChI=1S/C18H24N2Si/c1-19(2)13-15-9-8-10-16(14-20(3)4)18(15)21-17-11-6-5-7-12-17/h5-12H,13-14H2,1-4H3. The Kier molecular flexibility index (Phi) is 5.73. The van der Waals surface area contributed by atoms with Crippen LogP contribution in [0.1, 0.15) is 11.1 Å². The van der Waals surface area contributed by atoms with E-state index >= 15 is 0 Å². The molecule has 0 bridgehead atoms. The van der Waals surface area contributed by atoms with Gasteiger partial charge in [-0.25, -0.2) is 0 Å². The van der Waals surface area contributed by atoms with Crippen LogP contribution in [-0.4, -0.2) is 47.5 Å². The maximum absolute atomic E-state index is 2.27. The molecular weight excluding hydrogens is 272 g/mol. The highest BCUT2D eigenvalue weighted by atomic mass is 28.2. The zero-order chi connectivity index (χ0) is 15.2. The Hall–Kier alpha value is -1.42. The number of hydrogen-bond donors (Lipinski definition) is 0. The van der Waals surface area contributed by atoms with E-state index in [4.69, 9.17) is 0 Å². The lowest BCUT2D eigenvalue weighted by Crippen LogP contribution is -2.35. The van der Waals surface area contributed by atoms with Crippen LogP contribution in [-0.2, 0) is 13.1 Å². The number of nitrogens with zero attached hydrogens (tertiary/aromatic N) is 2. The van der Waals surface area contributed by atoms with Crippen molar-refractivity contribution >= 4 is 19.9 Å². The molecule has 2 radical (unpaired) electrons. The number of hydrogen-bond acceptors (Lipinski definition) is 2. The van der Waals surface area contributed by atoms with Crippen LogP contribution < -0.4 is 10.4 Å². The lowest BCUT2D eigenvalue weighted by molar-refractivity contribution is 0.398. The maximum Gasteiger partial charge on any atom is 0.122 e. The molecule has 0 spiro atoms. The topological polar surface area (TPSA) is 6.48 Å². The molecule has 2 aromatic carbocycles. The van der Waals surface area contributed by atoms with Gasteiger partial charge in [-0.05, 0) is 44.5 Å². The Labute approximate surface area is 131 Å². The summed E-state index contributed by atoms with van der Waals surface area (Å²) in [5.41, 5.74) is 2.89. The second kappa shape index (κ2) is 7.55. The molecule has 0 aromatic heterocycles. The van der Waals surface area contributed by atoms with Gasteiger partial charge in [0.1, 0.15) is 9.52 Å². The van der Waals surface area contributed by atoms with Gasteiger partial charge >= 0.3 is 0 Å². The maximum atomic E-state index is 2.27. The fraction of sp³-hybridized carbons (Fsp3) is 0.333. The van der Waals surface area contributed by atoms with Gasteiger partial charge in [-0.1, -0.05) is 53.7 Å². The van der Waals surface area contributed by atoms with Gasteiger partial charge in [-0.15, -0.1) is 0 Å². The lowest BCUT2D eigenvalue weighted by Gasteiger charge is -2.19. The molecule has 0 amide bonds. The molecule has 0 saturated heterocycles. The van der Waals surface area contributed by atoms with Crippen molar-refractivity contribution in [3.63, 3.8) is 0 Å². The third-order valence-corrected chi connectivity index (χ3v) is 4.77.